The fraction of sp³-hybridized carbons (Fsp3) is 0.259. The highest BCUT2D eigenvalue weighted by atomic mass is 15.4. The Morgan fingerprint density at radius 2 is 1.51 bits per heavy atom. The highest BCUT2D eigenvalue weighted by molar-refractivity contribution is 5.76. The minimum atomic E-state index is 0.329. The van der Waals surface area contributed by atoms with E-state index in [1.54, 1.807) is 0 Å². The van der Waals surface area contributed by atoms with Gasteiger partial charge in [0.2, 0.25) is 5.95 Å². The van der Waals surface area contributed by atoms with E-state index in [0.29, 0.717) is 5.41 Å². The molecule has 35 heavy (non-hydrogen) atoms. The molecule has 0 N–H and O–H groups in total. The molecule has 8 heteroatoms. The second-order valence-electron chi connectivity index (χ2n) is 9.95. The Kier molecular flexibility index (Phi) is 4.42. The van der Waals surface area contributed by atoms with Gasteiger partial charge in [0.05, 0.1) is 23.6 Å². The molecule has 2 aliphatic heterocycles. The van der Waals surface area contributed by atoms with E-state index in [0.717, 1.165) is 60.8 Å². The molecule has 7 rings (SSSR count). The van der Waals surface area contributed by atoms with E-state index in [1.165, 1.54) is 11.3 Å². The first-order valence-electron chi connectivity index (χ1n) is 12.0. The van der Waals surface area contributed by atoms with Crippen LogP contribution < -0.4 is 9.80 Å². The summed E-state index contributed by atoms with van der Waals surface area (Å²) in [7, 11) is 1.93. The van der Waals surface area contributed by atoms with Gasteiger partial charge in [0, 0.05) is 81.0 Å². The third-order valence-electron chi connectivity index (χ3n) is 7.21. The summed E-state index contributed by atoms with van der Waals surface area (Å²) in [6.07, 6.45) is 12.8. The summed E-state index contributed by atoms with van der Waals surface area (Å²) in [4.78, 5) is 14.0. The largest absolute Gasteiger partial charge is 0.367 e. The molecule has 8 nitrogen and oxygen atoms in total. The molecule has 2 aliphatic rings. The molecule has 1 aromatic carbocycles. The van der Waals surface area contributed by atoms with Gasteiger partial charge in [-0.3, -0.25) is 4.68 Å². The number of hydrogen-bond acceptors (Lipinski definition) is 6. The molecule has 4 aromatic heterocycles. The number of rotatable bonds is 5. The molecule has 6 heterocycles. The SMILES string of the molecule is Cn1cc(-c2ccc3c(N4CC5(CN(c6ncc(Cc7ccccc7)cn6)C5)C4)cnn3c2)cn1. The number of aryl methyl sites for hydroxylation is 1. The average molecular weight is 463 g/mol. The lowest BCUT2D eigenvalue weighted by molar-refractivity contribution is 0.155. The highest BCUT2D eigenvalue weighted by Crippen LogP contribution is 2.44. The van der Waals surface area contributed by atoms with Gasteiger partial charge in [-0.2, -0.15) is 10.2 Å². The minimum Gasteiger partial charge on any atom is -0.367 e. The zero-order chi connectivity index (χ0) is 23.4. The Morgan fingerprint density at radius 1 is 0.743 bits per heavy atom. The third kappa shape index (κ3) is 3.53. The molecular formula is C27H26N8. The van der Waals surface area contributed by atoms with Crippen molar-refractivity contribution in [3.05, 3.63) is 90.8 Å². The smallest absolute Gasteiger partial charge is 0.225 e. The van der Waals surface area contributed by atoms with Gasteiger partial charge >= 0.3 is 0 Å². The second-order valence-corrected chi connectivity index (χ2v) is 9.95. The van der Waals surface area contributed by atoms with Crippen molar-refractivity contribution >= 4 is 17.2 Å². The highest BCUT2D eigenvalue weighted by Gasteiger charge is 2.53. The van der Waals surface area contributed by atoms with Crippen molar-refractivity contribution in [3.8, 4) is 11.1 Å². The molecule has 0 radical (unpaired) electrons. The lowest BCUT2D eigenvalue weighted by Gasteiger charge is -2.60. The zero-order valence-corrected chi connectivity index (χ0v) is 19.6. The number of pyridine rings is 1. The number of fused-ring (bicyclic) bond motifs is 1. The summed E-state index contributed by atoms with van der Waals surface area (Å²) >= 11 is 0. The van der Waals surface area contributed by atoms with E-state index in [2.05, 4.69) is 72.6 Å². The topological polar surface area (TPSA) is 67.4 Å². The lowest BCUT2D eigenvalue weighted by atomic mass is 9.73. The summed E-state index contributed by atoms with van der Waals surface area (Å²) in [6.45, 7) is 4.10. The first kappa shape index (κ1) is 20.2. The van der Waals surface area contributed by atoms with Gasteiger partial charge < -0.3 is 9.80 Å². The van der Waals surface area contributed by atoms with Gasteiger partial charge in [0.1, 0.15) is 0 Å². The summed E-state index contributed by atoms with van der Waals surface area (Å²) in [6, 6.07) is 14.8. The van der Waals surface area contributed by atoms with Crippen LogP contribution in [0.3, 0.4) is 0 Å². The Labute approximate surface area is 203 Å². The Bertz CT molecular complexity index is 1490. The van der Waals surface area contributed by atoms with Crippen molar-refractivity contribution in [3.63, 3.8) is 0 Å². The van der Waals surface area contributed by atoms with Crippen LogP contribution >= 0.6 is 0 Å². The molecule has 0 amide bonds. The molecule has 0 saturated carbocycles. The summed E-state index contributed by atoms with van der Waals surface area (Å²) < 4.78 is 3.79. The molecular weight excluding hydrogens is 436 g/mol. The zero-order valence-electron chi connectivity index (χ0n) is 19.6. The third-order valence-corrected chi connectivity index (χ3v) is 7.21. The second kappa shape index (κ2) is 7.66. The van der Waals surface area contributed by atoms with Crippen LogP contribution in [0.1, 0.15) is 11.1 Å². The van der Waals surface area contributed by atoms with Gasteiger partial charge in [0.25, 0.3) is 0 Å². The molecule has 0 aliphatic carbocycles. The van der Waals surface area contributed by atoms with E-state index in [-0.39, 0.29) is 0 Å². The van der Waals surface area contributed by atoms with Crippen molar-refractivity contribution in [2.75, 3.05) is 36.0 Å². The fourth-order valence-corrected chi connectivity index (χ4v) is 5.43. The number of hydrogen-bond donors (Lipinski definition) is 0. The molecule has 5 aromatic rings. The van der Waals surface area contributed by atoms with E-state index in [4.69, 9.17) is 0 Å². The monoisotopic (exact) mass is 462 g/mol. The van der Waals surface area contributed by atoms with Gasteiger partial charge in [-0.05, 0) is 17.2 Å². The molecule has 174 valence electrons. The molecule has 2 fully saturated rings. The molecule has 0 atom stereocenters. The van der Waals surface area contributed by atoms with Crippen molar-refractivity contribution in [2.45, 2.75) is 6.42 Å². The van der Waals surface area contributed by atoms with Crippen LogP contribution in [0.25, 0.3) is 16.6 Å². The van der Waals surface area contributed by atoms with Crippen LogP contribution in [-0.4, -0.2) is 55.5 Å². The Morgan fingerprint density at radius 3 is 2.26 bits per heavy atom. The maximum Gasteiger partial charge on any atom is 0.225 e. The van der Waals surface area contributed by atoms with Gasteiger partial charge in [-0.15, -0.1) is 0 Å². The molecule has 1 spiro atoms. The van der Waals surface area contributed by atoms with Crippen LogP contribution in [0.15, 0.2) is 79.6 Å². The molecule has 0 unspecified atom stereocenters. The van der Waals surface area contributed by atoms with E-state index in [1.807, 2.05) is 53.3 Å². The maximum atomic E-state index is 4.65. The first-order chi connectivity index (χ1) is 17.1. The standard InChI is InChI=1S/C27H26N8/c1-32-14-23(12-30-32)22-7-8-24-25(13-31-35(24)15-22)33-16-27(17-33)18-34(19-27)26-28-10-21(11-29-26)9-20-5-3-2-4-6-20/h2-8,10-15H,9,16-19H2,1H3. The first-order valence-corrected chi connectivity index (χ1v) is 12.0. The van der Waals surface area contributed by atoms with E-state index < -0.39 is 0 Å². The predicted molar refractivity (Wildman–Crippen MR) is 136 cm³/mol. The van der Waals surface area contributed by atoms with Crippen molar-refractivity contribution in [1.29, 1.82) is 0 Å². The predicted octanol–water partition coefficient (Wildman–Crippen LogP) is 3.44. The van der Waals surface area contributed by atoms with Crippen LogP contribution in [0.5, 0.6) is 0 Å². The average Bonchev–Trinajstić information content (AvgIpc) is 3.45. The Hall–Kier alpha value is -4.20. The van der Waals surface area contributed by atoms with Crippen LogP contribution in [0, 0.1) is 5.41 Å². The van der Waals surface area contributed by atoms with Crippen molar-refractivity contribution < 1.29 is 0 Å². The molecule has 0 bridgehead atoms. The van der Waals surface area contributed by atoms with Crippen LogP contribution in [0.2, 0.25) is 0 Å². The van der Waals surface area contributed by atoms with E-state index >= 15 is 0 Å². The lowest BCUT2D eigenvalue weighted by Crippen LogP contribution is -2.72. The number of anilines is 2. The maximum absolute atomic E-state index is 4.65. The van der Waals surface area contributed by atoms with Gasteiger partial charge in [-0.1, -0.05) is 36.4 Å². The number of benzene rings is 1. The van der Waals surface area contributed by atoms with Crippen molar-refractivity contribution in [1.82, 2.24) is 29.4 Å². The summed E-state index contributed by atoms with van der Waals surface area (Å²) in [5.74, 6) is 0.838. The van der Waals surface area contributed by atoms with Crippen molar-refractivity contribution in [2.24, 2.45) is 12.5 Å². The van der Waals surface area contributed by atoms with Crippen LogP contribution in [-0.2, 0) is 13.5 Å². The summed E-state index contributed by atoms with van der Waals surface area (Å²) in [5, 5.41) is 8.90. The fourth-order valence-electron chi connectivity index (χ4n) is 5.43. The Balaban J connectivity index is 0.989. The number of nitrogens with zero attached hydrogens (tertiary/aromatic N) is 8. The molecule has 2 saturated heterocycles. The normalized spacial score (nSPS) is 16.5. The minimum absolute atomic E-state index is 0.329. The summed E-state index contributed by atoms with van der Waals surface area (Å²) in [5.41, 5.74) is 7.31. The quantitative estimate of drug-likeness (QED) is 0.399. The van der Waals surface area contributed by atoms with Crippen LogP contribution in [0.4, 0.5) is 11.6 Å². The van der Waals surface area contributed by atoms with Gasteiger partial charge in [0.15, 0.2) is 0 Å². The van der Waals surface area contributed by atoms with E-state index in [9.17, 15) is 0 Å². The van der Waals surface area contributed by atoms with Gasteiger partial charge in [-0.25, -0.2) is 14.5 Å². The number of aromatic nitrogens is 6.